The fourth-order valence-corrected chi connectivity index (χ4v) is 1.46. The molecule has 0 aliphatic carbocycles. The van der Waals surface area contributed by atoms with Crippen molar-refractivity contribution in [1.82, 2.24) is 0 Å². The fourth-order valence-electron chi connectivity index (χ4n) is 1.46. The molecule has 0 bridgehead atoms. The third-order valence-electron chi connectivity index (χ3n) is 2.15. The molecule has 0 radical (unpaired) electrons. The van der Waals surface area contributed by atoms with Crippen LogP contribution in [0.25, 0.3) is 6.08 Å². The van der Waals surface area contributed by atoms with Gasteiger partial charge in [-0.05, 0) is 17.7 Å². The number of benzene rings is 1. The summed E-state index contributed by atoms with van der Waals surface area (Å²) in [6, 6.07) is 5.63. The Hall–Kier alpha value is -1.61. The van der Waals surface area contributed by atoms with E-state index in [2.05, 4.69) is 0 Å². The Morgan fingerprint density at radius 1 is 1.50 bits per heavy atom. The van der Waals surface area contributed by atoms with Gasteiger partial charge in [-0.1, -0.05) is 18.2 Å². The summed E-state index contributed by atoms with van der Waals surface area (Å²) >= 11 is 0. The monoisotopic (exact) mass is 189 g/mol. The zero-order valence-electron chi connectivity index (χ0n) is 7.69. The van der Waals surface area contributed by atoms with Crippen LogP contribution in [0.15, 0.2) is 24.3 Å². The minimum Gasteiger partial charge on any atom is -0.457 e. The summed E-state index contributed by atoms with van der Waals surface area (Å²) in [6.45, 7) is 0.908. The molecule has 3 nitrogen and oxygen atoms in total. The molecule has 0 saturated carbocycles. The van der Waals surface area contributed by atoms with Gasteiger partial charge in [-0.15, -0.1) is 0 Å². The number of cyclic esters (lactones) is 1. The lowest BCUT2D eigenvalue weighted by atomic mass is 10.1. The van der Waals surface area contributed by atoms with Gasteiger partial charge in [0.1, 0.15) is 6.61 Å². The summed E-state index contributed by atoms with van der Waals surface area (Å²) in [5.74, 6) is -0.227. The lowest BCUT2D eigenvalue weighted by molar-refractivity contribution is 0.0535. The topological polar surface area (TPSA) is 52.3 Å². The average molecular weight is 189 g/mol. The van der Waals surface area contributed by atoms with Gasteiger partial charge in [0.15, 0.2) is 0 Å². The molecule has 0 saturated heterocycles. The van der Waals surface area contributed by atoms with E-state index in [4.69, 9.17) is 10.5 Å². The Balaban J connectivity index is 2.32. The number of ether oxygens (including phenoxy) is 1. The van der Waals surface area contributed by atoms with E-state index in [1.807, 2.05) is 24.3 Å². The van der Waals surface area contributed by atoms with Crippen molar-refractivity contribution in [2.45, 2.75) is 6.61 Å². The van der Waals surface area contributed by atoms with Crippen molar-refractivity contribution >= 4 is 12.0 Å². The Labute approximate surface area is 82.2 Å². The van der Waals surface area contributed by atoms with Crippen molar-refractivity contribution in [2.24, 2.45) is 5.73 Å². The van der Waals surface area contributed by atoms with Crippen molar-refractivity contribution in [3.05, 3.63) is 41.0 Å². The molecule has 14 heavy (non-hydrogen) atoms. The molecule has 3 heteroatoms. The van der Waals surface area contributed by atoms with Crippen LogP contribution in [0.5, 0.6) is 0 Å². The van der Waals surface area contributed by atoms with Crippen LogP contribution < -0.4 is 5.73 Å². The normalized spacial score (nSPS) is 14.5. The van der Waals surface area contributed by atoms with Crippen molar-refractivity contribution in [3.8, 4) is 0 Å². The second-order valence-electron chi connectivity index (χ2n) is 3.13. The molecule has 1 aliphatic heterocycles. The molecule has 0 amide bonds. The van der Waals surface area contributed by atoms with E-state index in [-0.39, 0.29) is 5.97 Å². The smallest absolute Gasteiger partial charge is 0.338 e. The van der Waals surface area contributed by atoms with Gasteiger partial charge in [-0.3, -0.25) is 0 Å². The van der Waals surface area contributed by atoms with Gasteiger partial charge in [0.05, 0.1) is 5.56 Å². The van der Waals surface area contributed by atoms with E-state index in [1.165, 1.54) is 0 Å². The number of rotatable bonds is 2. The zero-order valence-corrected chi connectivity index (χ0v) is 7.69. The van der Waals surface area contributed by atoms with Gasteiger partial charge in [0.2, 0.25) is 0 Å². The van der Waals surface area contributed by atoms with Gasteiger partial charge >= 0.3 is 5.97 Å². The van der Waals surface area contributed by atoms with Crippen LogP contribution in [-0.4, -0.2) is 12.5 Å². The molecule has 0 unspecified atom stereocenters. The minimum atomic E-state index is -0.227. The van der Waals surface area contributed by atoms with Crippen molar-refractivity contribution < 1.29 is 9.53 Å². The molecule has 1 aromatic rings. The molecule has 0 aromatic heterocycles. The van der Waals surface area contributed by atoms with E-state index < -0.39 is 0 Å². The van der Waals surface area contributed by atoms with Crippen LogP contribution in [0.1, 0.15) is 21.5 Å². The molecule has 72 valence electrons. The number of hydrogen-bond acceptors (Lipinski definition) is 3. The Morgan fingerprint density at radius 3 is 3.14 bits per heavy atom. The Kier molecular flexibility index (Phi) is 2.33. The first kappa shape index (κ1) is 8.97. The quantitative estimate of drug-likeness (QED) is 0.714. The van der Waals surface area contributed by atoms with Gasteiger partial charge in [-0.2, -0.15) is 0 Å². The summed E-state index contributed by atoms with van der Waals surface area (Å²) in [5, 5.41) is 0. The predicted molar refractivity (Wildman–Crippen MR) is 53.6 cm³/mol. The van der Waals surface area contributed by atoms with Crippen LogP contribution >= 0.6 is 0 Å². The molecular weight excluding hydrogens is 178 g/mol. The lowest BCUT2D eigenvalue weighted by Gasteiger charge is -1.96. The molecule has 2 rings (SSSR count). The minimum absolute atomic E-state index is 0.227. The molecule has 0 spiro atoms. The van der Waals surface area contributed by atoms with Gasteiger partial charge in [0.25, 0.3) is 0 Å². The maximum absolute atomic E-state index is 11.1. The van der Waals surface area contributed by atoms with Gasteiger partial charge in [-0.25, -0.2) is 4.79 Å². The van der Waals surface area contributed by atoms with Crippen LogP contribution in [0.2, 0.25) is 0 Å². The van der Waals surface area contributed by atoms with E-state index in [1.54, 1.807) is 6.07 Å². The molecule has 1 aromatic carbocycles. The standard InChI is InChI=1S/C11H11NO2/c12-5-1-2-8-3-4-10-9(6-8)7-14-11(10)13/h1-4,6H,5,7,12H2. The second-order valence-corrected chi connectivity index (χ2v) is 3.13. The van der Waals surface area contributed by atoms with Crippen LogP contribution in [-0.2, 0) is 11.3 Å². The highest BCUT2D eigenvalue weighted by molar-refractivity contribution is 5.93. The highest BCUT2D eigenvalue weighted by atomic mass is 16.5. The largest absolute Gasteiger partial charge is 0.457 e. The predicted octanol–water partition coefficient (Wildman–Crippen LogP) is 1.33. The van der Waals surface area contributed by atoms with E-state index in [0.717, 1.165) is 11.1 Å². The third-order valence-corrected chi connectivity index (χ3v) is 2.15. The molecule has 0 atom stereocenters. The summed E-state index contributed by atoms with van der Waals surface area (Å²) in [5.41, 5.74) is 8.02. The summed E-state index contributed by atoms with van der Waals surface area (Å²) < 4.78 is 4.90. The van der Waals surface area contributed by atoms with Gasteiger partial charge in [0, 0.05) is 12.1 Å². The number of fused-ring (bicyclic) bond motifs is 1. The summed E-state index contributed by atoms with van der Waals surface area (Å²) in [4.78, 5) is 11.1. The molecule has 0 fully saturated rings. The molecular formula is C11H11NO2. The third kappa shape index (κ3) is 1.54. The Morgan fingerprint density at radius 2 is 2.36 bits per heavy atom. The van der Waals surface area contributed by atoms with Crippen molar-refractivity contribution in [3.63, 3.8) is 0 Å². The first-order valence-electron chi connectivity index (χ1n) is 4.48. The van der Waals surface area contributed by atoms with Crippen molar-refractivity contribution in [1.29, 1.82) is 0 Å². The van der Waals surface area contributed by atoms with Gasteiger partial charge < -0.3 is 10.5 Å². The summed E-state index contributed by atoms with van der Waals surface area (Å²) in [7, 11) is 0. The molecule has 2 N–H and O–H groups in total. The van der Waals surface area contributed by atoms with E-state index in [9.17, 15) is 4.79 Å². The maximum atomic E-state index is 11.1. The highest BCUT2D eigenvalue weighted by Crippen LogP contribution is 2.21. The van der Waals surface area contributed by atoms with Crippen LogP contribution in [0.4, 0.5) is 0 Å². The van der Waals surface area contributed by atoms with E-state index >= 15 is 0 Å². The number of carbonyl (C=O) groups is 1. The van der Waals surface area contributed by atoms with Crippen LogP contribution in [0, 0.1) is 0 Å². The summed E-state index contributed by atoms with van der Waals surface area (Å²) in [6.07, 6.45) is 3.81. The van der Waals surface area contributed by atoms with Crippen LogP contribution in [0.3, 0.4) is 0 Å². The first-order valence-corrected chi connectivity index (χ1v) is 4.48. The highest BCUT2D eigenvalue weighted by Gasteiger charge is 2.20. The number of carbonyl (C=O) groups excluding carboxylic acids is 1. The average Bonchev–Trinajstić information content (AvgIpc) is 2.57. The SMILES string of the molecule is NCC=Cc1ccc2c(c1)COC2=O. The van der Waals surface area contributed by atoms with E-state index in [0.29, 0.717) is 18.7 Å². The molecule has 1 heterocycles. The molecule has 1 aliphatic rings. The Bertz CT molecular complexity index is 396. The van der Waals surface area contributed by atoms with Crippen molar-refractivity contribution in [2.75, 3.05) is 6.54 Å². The second kappa shape index (κ2) is 3.64. The maximum Gasteiger partial charge on any atom is 0.338 e. The lowest BCUT2D eigenvalue weighted by Crippen LogP contribution is -1.93. The first-order chi connectivity index (χ1) is 6.81. The number of hydrogen-bond donors (Lipinski definition) is 1. The fraction of sp³-hybridized carbons (Fsp3) is 0.182. The zero-order chi connectivity index (χ0) is 9.97. The number of nitrogens with two attached hydrogens (primary N) is 1. The number of esters is 1.